The van der Waals surface area contributed by atoms with E-state index in [2.05, 4.69) is 43.0 Å². The van der Waals surface area contributed by atoms with E-state index in [-0.39, 0.29) is 0 Å². The van der Waals surface area contributed by atoms with E-state index < -0.39 is 0 Å². The summed E-state index contributed by atoms with van der Waals surface area (Å²) >= 11 is 6.23. The molecule has 3 nitrogen and oxygen atoms in total. The Kier molecular flexibility index (Phi) is 3.02. The molecule has 0 aliphatic heterocycles. The van der Waals surface area contributed by atoms with Crippen LogP contribution in [-0.2, 0) is 0 Å². The van der Waals surface area contributed by atoms with Gasteiger partial charge in [-0.1, -0.05) is 29.3 Å². The van der Waals surface area contributed by atoms with Gasteiger partial charge in [-0.3, -0.25) is 0 Å². The molecule has 1 aromatic carbocycles. The van der Waals surface area contributed by atoms with Gasteiger partial charge in [-0.2, -0.15) is 5.10 Å². The third-order valence-electron chi connectivity index (χ3n) is 3.50. The highest BCUT2D eigenvalue weighted by molar-refractivity contribution is 6.29. The summed E-state index contributed by atoms with van der Waals surface area (Å²) in [5.41, 5.74) is 7.66. The van der Waals surface area contributed by atoms with Gasteiger partial charge in [0.05, 0.1) is 6.20 Å². The lowest BCUT2D eigenvalue weighted by molar-refractivity contribution is 0.930. The maximum absolute atomic E-state index is 6.23. The Hall–Kier alpha value is -1.87. The molecule has 20 heavy (non-hydrogen) atoms. The van der Waals surface area contributed by atoms with E-state index in [1.54, 1.807) is 4.52 Å². The van der Waals surface area contributed by atoms with Crippen LogP contribution in [0.3, 0.4) is 0 Å². The predicted molar refractivity (Wildman–Crippen MR) is 82.4 cm³/mol. The minimum Gasteiger partial charge on any atom is -0.233 e. The van der Waals surface area contributed by atoms with E-state index in [1.165, 1.54) is 22.3 Å². The second kappa shape index (κ2) is 4.60. The van der Waals surface area contributed by atoms with Crippen molar-refractivity contribution in [3.63, 3.8) is 0 Å². The van der Waals surface area contributed by atoms with Crippen molar-refractivity contribution in [2.75, 3.05) is 0 Å². The molecule has 0 radical (unpaired) electrons. The minimum absolute atomic E-state index is 0.584. The number of benzene rings is 1. The summed E-state index contributed by atoms with van der Waals surface area (Å²) in [6.07, 6.45) is 1.85. The van der Waals surface area contributed by atoms with E-state index in [0.29, 0.717) is 5.15 Å². The number of rotatable bonds is 1. The van der Waals surface area contributed by atoms with E-state index in [9.17, 15) is 0 Å². The van der Waals surface area contributed by atoms with E-state index in [4.69, 9.17) is 11.6 Å². The van der Waals surface area contributed by atoms with Gasteiger partial charge in [-0.05, 0) is 50.5 Å². The number of halogens is 1. The van der Waals surface area contributed by atoms with Gasteiger partial charge in [0.15, 0.2) is 5.65 Å². The molecule has 102 valence electrons. The first-order valence-corrected chi connectivity index (χ1v) is 6.94. The maximum Gasteiger partial charge on any atom is 0.164 e. The van der Waals surface area contributed by atoms with Crippen molar-refractivity contribution >= 4 is 17.2 Å². The first kappa shape index (κ1) is 13.1. The Balaban J connectivity index is 2.36. The molecule has 0 aliphatic rings. The van der Waals surface area contributed by atoms with Gasteiger partial charge in [0.2, 0.25) is 0 Å². The molecule has 0 saturated heterocycles. The van der Waals surface area contributed by atoms with Gasteiger partial charge >= 0.3 is 0 Å². The van der Waals surface area contributed by atoms with Crippen LogP contribution in [0.15, 0.2) is 24.4 Å². The molecule has 0 atom stereocenters. The highest BCUT2D eigenvalue weighted by atomic mass is 35.5. The first-order chi connectivity index (χ1) is 9.47. The lowest BCUT2D eigenvalue weighted by Crippen LogP contribution is -1.96. The first-order valence-electron chi connectivity index (χ1n) is 6.56. The van der Waals surface area contributed by atoms with Gasteiger partial charge in [-0.15, -0.1) is 0 Å². The van der Waals surface area contributed by atoms with Gasteiger partial charge in [0, 0.05) is 11.3 Å². The molecule has 0 aliphatic carbocycles. The summed E-state index contributed by atoms with van der Waals surface area (Å²) in [6.45, 7) is 8.29. The van der Waals surface area contributed by atoms with Gasteiger partial charge in [-0.25, -0.2) is 9.50 Å². The molecule has 0 amide bonds. The Morgan fingerprint density at radius 3 is 2.30 bits per heavy atom. The van der Waals surface area contributed by atoms with Crippen LogP contribution in [0.4, 0.5) is 0 Å². The van der Waals surface area contributed by atoms with Crippen molar-refractivity contribution < 1.29 is 0 Å². The summed E-state index contributed by atoms with van der Waals surface area (Å²) in [5.74, 6) is 0. The van der Waals surface area contributed by atoms with E-state index in [0.717, 1.165) is 16.9 Å². The lowest BCUT2D eigenvalue weighted by atomic mass is 9.95. The highest BCUT2D eigenvalue weighted by Crippen LogP contribution is 2.31. The standard InChI is InChI=1S/C16H16ClN3/c1-9-5-10(2)15(11(3)6-9)13-8-18-20-14(17)7-12(4)19-16(13)20/h5-8H,1-4H3. The molecular formula is C16H16ClN3. The van der Waals surface area contributed by atoms with Crippen molar-refractivity contribution in [3.05, 3.63) is 51.9 Å². The number of nitrogens with zero attached hydrogens (tertiary/aromatic N) is 3. The number of hydrogen-bond acceptors (Lipinski definition) is 2. The molecule has 2 aromatic heterocycles. The van der Waals surface area contributed by atoms with Gasteiger partial charge in [0.25, 0.3) is 0 Å². The van der Waals surface area contributed by atoms with E-state index >= 15 is 0 Å². The Morgan fingerprint density at radius 2 is 1.65 bits per heavy atom. The summed E-state index contributed by atoms with van der Waals surface area (Å²) in [5, 5.41) is 4.95. The number of hydrogen-bond donors (Lipinski definition) is 0. The average molecular weight is 286 g/mol. The molecule has 0 saturated carbocycles. The van der Waals surface area contributed by atoms with Crippen LogP contribution in [0.25, 0.3) is 16.8 Å². The monoisotopic (exact) mass is 285 g/mol. The number of aromatic nitrogens is 3. The quantitative estimate of drug-likeness (QED) is 0.625. The third kappa shape index (κ3) is 1.98. The van der Waals surface area contributed by atoms with Crippen molar-refractivity contribution in [3.8, 4) is 11.1 Å². The van der Waals surface area contributed by atoms with Crippen LogP contribution >= 0.6 is 11.6 Å². The predicted octanol–water partition coefficient (Wildman–Crippen LogP) is 4.28. The summed E-state index contributed by atoms with van der Waals surface area (Å²) in [7, 11) is 0. The molecule has 0 spiro atoms. The van der Waals surface area contributed by atoms with Crippen molar-refractivity contribution in [1.82, 2.24) is 14.6 Å². The van der Waals surface area contributed by atoms with Crippen LogP contribution in [-0.4, -0.2) is 14.6 Å². The average Bonchev–Trinajstić information content (AvgIpc) is 2.72. The molecule has 0 unspecified atom stereocenters. The van der Waals surface area contributed by atoms with Crippen molar-refractivity contribution in [2.45, 2.75) is 27.7 Å². The van der Waals surface area contributed by atoms with E-state index in [1.807, 2.05) is 19.2 Å². The molecule has 0 bridgehead atoms. The zero-order valence-electron chi connectivity index (χ0n) is 12.0. The molecule has 3 aromatic rings. The second-order valence-corrected chi connectivity index (χ2v) is 5.67. The smallest absolute Gasteiger partial charge is 0.164 e. The summed E-state index contributed by atoms with van der Waals surface area (Å²) in [4.78, 5) is 4.59. The van der Waals surface area contributed by atoms with Crippen molar-refractivity contribution in [2.24, 2.45) is 0 Å². The Bertz CT molecular complexity index is 795. The van der Waals surface area contributed by atoms with Crippen LogP contribution in [0.5, 0.6) is 0 Å². The summed E-state index contributed by atoms with van der Waals surface area (Å²) in [6, 6.07) is 6.19. The highest BCUT2D eigenvalue weighted by Gasteiger charge is 2.15. The van der Waals surface area contributed by atoms with Gasteiger partial charge in [0.1, 0.15) is 5.15 Å². The molecular weight excluding hydrogens is 270 g/mol. The largest absolute Gasteiger partial charge is 0.233 e. The fraction of sp³-hybridized carbons (Fsp3) is 0.250. The molecule has 0 N–H and O–H groups in total. The maximum atomic E-state index is 6.23. The van der Waals surface area contributed by atoms with Crippen LogP contribution < -0.4 is 0 Å². The third-order valence-corrected chi connectivity index (χ3v) is 3.77. The van der Waals surface area contributed by atoms with Crippen LogP contribution in [0.2, 0.25) is 5.15 Å². The summed E-state index contributed by atoms with van der Waals surface area (Å²) < 4.78 is 1.68. The minimum atomic E-state index is 0.584. The molecule has 3 rings (SSSR count). The number of aryl methyl sites for hydroxylation is 4. The fourth-order valence-electron chi connectivity index (χ4n) is 2.82. The zero-order valence-corrected chi connectivity index (χ0v) is 12.8. The molecule has 2 heterocycles. The molecule has 4 heteroatoms. The Morgan fingerprint density at radius 1 is 1.00 bits per heavy atom. The van der Waals surface area contributed by atoms with Crippen LogP contribution in [0.1, 0.15) is 22.4 Å². The topological polar surface area (TPSA) is 30.2 Å². The molecule has 0 fully saturated rings. The lowest BCUT2D eigenvalue weighted by Gasteiger charge is -2.10. The zero-order chi connectivity index (χ0) is 14.4. The second-order valence-electron chi connectivity index (χ2n) is 5.29. The number of fused-ring (bicyclic) bond motifs is 1. The Labute approximate surface area is 123 Å². The SMILES string of the molecule is Cc1cc(C)c(-c2cnn3c(Cl)cc(C)nc23)c(C)c1. The van der Waals surface area contributed by atoms with Crippen LogP contribution in [0, 0.1) is 27.7 Å². The fourth-order valence-corrected chi connectivity index (χ4v) is 3.10. The van der Waals surface area contributed by atoms with Gasteiger partial charge < -0.3 is 0 Å². The van der Waals surface area contributed by atoms with Crippen molar-refractivity contribution in [1.29, 1.82) is 0 Å². The normalized spacial score (nSPS) is 11.2.